The second kappa shape index (κ2) is 6.88. The van der Waals surface area contributed by atoms with E-state index in [9.17, 15) is 4.79 Å². The van der Waals surface area contributed by atoms with Gasteiger partial charge in [-0.05, 0) is 29.8 Å². The number of hydrogen-bond acceptors (Lipinski definition) is 4. The lowest BCUT2D eigenvalue weighted by Gasteiger charge is -2.08. The highest BCUT2D eigenvalue weighted by molar-refractivity contribution is 7.16. The number of carbonyl (C=O) groups excluding carboxylic acids is 1. The van der Waals surface area contributed by atoms with Gasteiger partial charge >= 0.3 is 0 Å². The zero-order chi connectivity index (χ0) is 17.1. The van der Waals surface area contributed by atoms with Gasteiger partial charge in [-0.1, -0.05) is 29.5 Å². The lowest BCUT2D eigenvalue weighted by molar-refractivity contribution is -0.117. The first-order valence-electron chi connectivity index (χ1n) is 7.45. The number of hydrogen-bond donors (Lipinski definition) is 0. The van der Waals surface area contributed by atoms with Crippen molar-refractivity contribution in [2.45, 2.75) is 6.42 Å². The fourth-order valence-corrected chi connectivity index (χ4v) is 3.54. The first-order valence-corrected chi connectivity index (χ1v) is 8.27. The normalized spacial score (nSPS) is 11.7. The van der Waals surface area contributed by atoms with Crippen LogP contribution in [0.15, 0.2) is 47.5 Å². The highest BCUT2D eigenvalue weighted by Gasteiger charge is 2.09. The van der Waals surface area contributed by atoms with Gasteiger partial charge < -0.3 is 14.0 Å². The van der Waals surface area contributed by atoms with Gasteiger partial charge in [0, 0.05) is 7.05 Å². The van der Waals surface area contributed by atoms with Gasteiger partial charge in [-0.25, -0.2) is 0 Å². The topological polar surface area (TPSA) is 52.8 Å². The van der Waals surface area contributed by atoms with Crippen molar-refractivity contribution in [2.75, 3.05) is 14.2 Å². The number of para-hydroxylation sites is 1. The molecule has 0 fully saturated rings. The minimum absolute atomic E-state index is 0.190. The van der Waals surface area contributed by atoms with Crippen LogP contribution in [0.5, 0.6) is 11.5 Å². The summed E-state index contributed by atoms with van der Waals surface area (Å²) >= 11 is 1.51. The number of rotatable bonds is 4. The number of benzene rings is 2. The SMILES string of the molecule is COc1ccc(CC(=O)N=c2sc3ccccc3n2C)cc1OC. The molecule has 0 saturated carbocycles. The molecule has 1 amide bonds. The second-order valence-corrected chi connectivity index (χ2v) is 6.29. The number of thiazole rings is 1. The Morgan fingerprint density at radius 2 is 1.88 bits per heavy atom. The van der Waals surface area contributed by atoms with Crippen molar-refractivity contribution in [1.29, 1.82) is 0 Å². The van der Waals surface area contributed by atoms with E-state index in [0.717, 1.165) is 15.8 Å². The van der Waals surface area contributed by atoms with Crippen LogP contribution in [0.3, 0.4) is 0 Å². The third-order valence-corrected chi connectivity index (χ3v) is 4.85. The van der Waals surface area contributed by atoms with Gasteiger partial charge in [0.2, 0.25) is 0 Å². The van der Waals surface area contributed by atoms with Gasteiger partial charge in [0.15, 0.2) is 16.3 Å². The van der Waals surface area contributed by atoms with Crippen molar-refractivity contribution in [2.24, 2.45) is 12.0 Å². The molecule has 0 unspecified atom stereocenters. The Morgan fingerprint density at radius 3 is 2.58 bits per heavy atom. The molecule has 1 aromatic heterocycles. The van der Waals surface area contributed by atoms with Crippen LogP contribution in [-0.4, -0.2) is 24.7 Å². The summed E-state index contributed by atoms with van der Waals surface area (Å²) in [6.45, 7) is 0. The lowest BCUT2D eigenvalue weighted by atomic mass is 10.1. The fraction of sp³-hybridized carbons (Fsp3) is 0.222. The minimum atomic E-state index is -0.190. The predicted molar refractivity (Wildman–Crippen MR) is 94.6 cm³/mol. The molecule has 0 saturated heterocycles. The van der Waals surface area contributed by atoms with E-state index >= 15 is 0 Å². The van der Waals surface area contributed by atoms with E-state index in [1.165, 1.54) is 11.3 Å². The quantitative estimate of drug-likeness (QED) is 0.732. The average Bonchev–Trinajstić information content (AvgIpc) is 2.91. The maximum atomic E-state index is 12.3. The molecule has 1 heterocycles. The molecule has 0 aliphatic carbocycles. The number of amides is 1. The molecule has 24 heavy (non-hydrogen) atoms. The third-order valence-electron chi connectivity index (χ3n) is 3.74. The molecule has 0 radical (unpaired) electrons. The molecular formula is C18H18N2O3S. The number of carbonyl (C=O) groups is 1. The lowest BCUT2D eigenvalue weighted by Crippen LogP contribution is -2.14. The van der Waals surface area contributed by atoms with Crippen molar-refractivity contribution in [3.8, 4) is 11.5 Å². The summed E-state index contributed by atoms with van der Waals surface area (Å²) in [6.07, 6.45) is 0.217. The van der Waals surface area contributed by atoms with Gasteiger partial charge in [-0.2, -0.15) is 4.99 Å². The van der Waals surface area contributed by atoms with E-state index in [-0.39, 0.29) is 12.3 Å². The number of aryl methyl sites for hydroxylation is 1. The summed E-state index contributed by atoms with van der Waals surface area (Å²) < 4.78 is 13.5. The third kappa shape index (κ3) is 3.19. The van der Waals surface area contributed by atoms with Crippen LogP contribution < -0.4 is 14.3 Å². The first kappa shape index (κ1) is 16.3. The number of ether oxygens (including phenoxy) is 2. The molecule has 0 aliphatic heterocycles. The van der Waals surface area contributed by atoms with Crippen LogP contribution in [0.2, 0.25) is 0 Å². The van der Waals surface area contributed by atoms with Crippen molar-refractivity contribution in [1.82, 2.24) is 4.57 Å². The summed E-state index contributed by atoms with van der Waals surface area (Å²) in [5.41, 5.74) is 1.91. The molecule has 6 heteroatoms. The predicted octanol–water partition coefficient (Wildman–Crippen LogP) is 2.93. The highest BCUT2D eigenvalue weighted by Crippen LogP contribution is 2.27. The zero-order valence-electron chi connectivity index (χ0n) is 13.8. The van der Waals surface area contributed by atoms with E-state index in [0.29, 0.717) is 16.3 Å². The largest absolute Gasteiger partial charge is 0.493 e. The molecule has 0 N–H and O–H groups in total. The summed E-state index contributed by atoms with van der Waals surface area (Å²) in [4.78, 5) is 17.3. The van der Waals surface area contributed by atoms with Crippen molar-refractivity contribution >= 4 is 27.5 Å². The standard InChI is InChI=1S/C18H18N2O3S/c1-20-13-6-4-5-7-16(13)24-18(20)19-17(21)11-12-8-9-14(22-2)15(10-12)23-3/h4-10H,11H2,1-3H3. The summed E-state index contributed by atoms with van der Waals surface area (Å²) in [5, 5.41) is 0. The molecule has 0 aliphatic rings. The van der Waals surface area contributed by atoms with Gasteiger partial charge in [-0.3, -0.25) is 4.79 Å². The Bertz CT molecular complexity index is 956. The van der Waals surface area contributed by atoms with Crippen LogP contribution in [0.1, 0.15) is 5.56 Å². The van der Waals surface area contributed by atoms with Crippen LogP contribution >= 0.6 is 11.3 Å². The van der Waals surface area contributed by atoms with E-state index in [1.807, 2.05) is 41.9 Å². The molecule has 0 atom stereocenters. The summed E-state index contributed by atoms with van der Waals surface area (Å²) in [5.74, 6) is 1.06. The monoisotopic (exact) mass is 342 g/mol. The summed E-state index contributed by atoms with van der Waals surface area (Å²) in [7, 11) is 5.08. The van der Waals surface area contributed by atoms with Crippen LogP contribution in [0.25, 0.3) is 10.2 Å². The number of methoxy groups -OCH3 is 2. The molecule has 2 aromatic carbocycles. The zero-order valence-corrected chi connectivity index (χ0v) is 14.6. The summed E-state index contributed by atoms with van der Waals surface area (Å²) in [6, 6.07) is 13.4. The number of aromatic nitrogens is 1. The smallest absolute Gasteiger partial charge is 0.252 e. The van der Waals surface area contributed by atoms with E-state index in [1.54, 1.807) is 26.4 Å². The van der Waals surface area contributed by atoms with E-state index < -0.39 is 0 Å². The molecule has 0 bridgehead atoms. The minimum Gasteiger partial charge on any atom is -0.493 e. The first-order chi connectivity index (χ1) is 11.6. The highest BCUT2D eigenvalue weighted by atomic mass is 32.1. The van der Waals surface area contributed by atoms with E-state index in [2.05, 4.69) is 4.99 Å². The Hall–Kier alpha value is -2.60. The maximum Gasteiger partial charge on any atom is 0.252 e. The molecule has 5 nitrogen and oxygen atoms in total. The molecule has 124 valence electrons. The molecular weight excluding hydrogens is 324 g/mol. The number of nitrogens with zero attached hydrogens (tertiary/aromatic N) is 2. The van der Waals surface area contributed by atoms with Gasteiger partial charge in [0.25, 0.3) is 5.91 Å². The second-order valence-electron chi connectivity index (χ2n) is 5.28. The average molecular weight is 342 g/mol. The van der Waals surface area contributed by atoms with Crippen LogP contribution in [0.4, 0.5) is 0 Å². The Labute approximate surface area is 143 Å². The van der Waals surface area contributed by atoms with Gasteiger partial charge in [0.05, 0.1) is 30.9 Å². The van der Waals surface area contributed by atoms with Gasteiger partial charge in [0.1, 0.15) is 0 Å². The number of fused-ring (bicyclic) bond motifs is 1. The Balaban J connectivity index is 1.88. The Morgan fingerprint density at radius 1 is 1.12 bits per heavy atom. The maximum absolute atomic E-state index is 12.3. The van der Waals surface area contributed by atoms with Crippen molar-refractivity contribution in [3.05, 3.63) is 52.8 Å². The molecule has 3 rings (SSSR count). The van der Waals surface area contributed by atoms with Crippen LogP contribution in [-0.2, 0) is 18.3 Å². The van der Waals surface area contributed by atoms with Crippen LogP contribution in [0, 0.1) is 0 Å². The molecule has 0 spiro atoms. The van der Waals surface area contributed by atoms with Crippen molar-refractivity contribution < 1.29 is 14.3 Å². The Kier molecular flexibility index (Phi) is 4.66. The fourth-order valence-electron chi connectivity index (χ4n) is 2.50. The molecule has 3 aromatic rings. The van der Waals surface area contributed by atoms with E-state index in [4.69, 9.17) is 9.47 Å². The van der Waals surface area contributed by atoms with Crippen molar-refractivity contribution in [3.63, 3.8) is 0 Å². The van der Waals surface area contributed by atoms with Gasteiger partial charge in [-0.15, -0.1) is 0 Å².